The molecular weight excluding hydrogens is 201 g/mol. The van der Waals surface area contributed by atoms with Gasteiger partial charge in [-0.3, -0.25) is 0 Å². The maximum atomic E-state index is 13.4. The largest absolute Gasteiger partial charge is 0.321 e. The molecule has 0 bridgehead atoms. The van der Waals surface area contributed by atoms with Gasteiger partial charge in [0.15, 0.2) is 0 Å². The van der Waals surface area contributed by atoms with Gasteiger partial charge in [0.1, 0.15) is 5.82 Å². The van der Waals surface area contributed by atoms with E-state index < -0.39 is 6.04 Å². The number of rotatable bonds is 2. The number of hydrogen-bond donors (Lipinski definition) is 1. The fraction of sp³-hybridized carbons (Fsp3) is 0.273. The molecule has 0 fully saturated rings. The van der Waals surface area contributed by atoms with E-state index in [0.717, 1.165) is 5.57 Å². The molecular formula is C11H13ClFN. The molecule has 0 aliphatic rings. The summed E-state index contributed by atoms with van der Waals surface area (Å²) in [6.45, 7) is 3.85. The first-order valence-electron chi connectivity index (χ1n) is 4.36. The molecule has 1 nitrogen and oxygen atoms in total. The molecule has 76 valence electrons. The third kappa shape index (κ3) is 2.82. The fourth-order valence-electron chi connectivity index (χ4n) is 1.22. The zero-order chi connectivity index (χ0) is 10.7. The molecule has 1 aromatic rings. The van der Waals surface area contributed by atoms with Crippen LogP contribution in [0.2, 0.25) is 5.02 Å². The van der Waals surface area contributed by atoms with Gasteiger partial charge < -0.3 is 5.73 Å². The molecule has 0 aliphatic carbocycles. The Labute approximate surface area is 88.4 Å². The van der Waals surface area contributed by atoms with Crippen molar-refractivity contribution in [2.45, 2.75) is 19.9 Å². The molecule has 1 aromatic carbocycles. The van der Waals surface area contributed by atoms with Crippen molar-refractivity contribution in [3.63, 3.8) is 0 Å². The summed E-state index contributed by atoms with van der Waals surface area (Å²) in [5.41, 5.74) is 7.32. The highest BCUT2D eigenvalue weighted by Gasteiger charge is 2.08. The second kappa shape index (κ2) is 4.58. The summed E-state index contributed by atoms with van der Waals surface area (Å²) in [5.74, 6) is -0.359. The van der Waals surface area contributed by atoms with Crippen molar-refractivity contribution >= 4 is 11.6 Å². The Morgan fingerprint density at radius 3 is 2.64 bits per heavy atom. The first kappa shape index (κ1) is 11.2. The first-order valence-corrected chi connectivity index (χ1v) is 4.74. The van der Waals surface area contributed by atoms with Crippen LogP contribution in [-0.2, 0) is 0 Å². The van der Waals surface area contributed by atoms with Crippen LogP contribution in [0.25, 0.3) is 0 Å². The van der Waals surface area contributed by atoms with E-state index in [2.05, 4.69) is 0 Å². The van der Waals surface area contributed by atoms with Crippen molar-refractivity contribution < 1.29 is 4.39 Å². The Bertz CT molecular complexity index is 356. The van der Waals surface area contributed by atoms with Crippen molar-refractivity contribution in [1.82, 2.24) is 0 Å². The molecule has 0 aromatic heterocycles. The van der Waals surface area contributed by atoms with Crippen molar-refractivity contribution in [3.8, 4) is 0 Å². The van der Waals surface area contributed by atoms with E-state index in [1.54, 1.807) is 12.1 Å². The summed E-state index contributed by atoms with van der Waals surface area (Å²) in [4.78, 5) is 0. The zero-order valence-electron chi connectivity index (χ0n) is 8.22. The van der Waals surface area contributed by atoms with Gasteiger partial charge in [-0.15, -0.1) is 0 Å². The minimum Gasteiger partial charge on any atom is -0.321 e. The minimum atomic E-state index is -0.405. The molecule has 1 rings (SSSR count). The first-order chi connectivity index (χ1) is 6.50. The number of allylic oxidation sites excluding steroid dienone is 1. The van der Waals surface area contributed by atoms with Crippen LogP contribution in [0.5, 0.6) is 0 Å². The summed E-state index contributed by atoms with van der Waals surface area (Å²) in [6.07, 6.45) is 1.81. The van der Waals surface area contributed by atoms with Gasteiger partial charge in [0.2, 0.25) is 0 Å². The van der Waals surface area contributed by atoms with E-state index in [1.165, 1.54) is 6.07 Å². The lowest BCUT2D eigenvalue weighted by Crippen LogP contribution is -2.09. The van der Waals surface area contributed by atoms with Gasteiger partial charge in [-0.1, -0.05) is 29.3 Å². The highest BCUT2D eigenvalue weighted by atomic mass is 35.5. The van der Waals surface area contributed by atoms with E-state index in [1.807, 2.05) is 19.9 Å². The normalized spacial score (nSPS) is 12.4. The lowest BCUT2D eigenvalue weighted by molar-refractivity contribution is 0.602. The molecule has 14 heavy (non-hydrogen) atoms. The third-order valence-electron chi connectivity index (χ3n) is 1.83. The van der Waals surface area contributed by atoms with Gasteiger partial charge in [0.25, 0.3) is 0 Å². The molecule has 0 spiro atoms. The molecule has 0 heterocycles. The van der Waals surface area contributed by atoms with Gasteiger partial charge in [0, 0.05) is 10.6 Å². The Morgan fingerprint density at radius 1 is 1.50 bits per heavy atom. The highest BCUT2D eigenvalue weighted by molar-refractivity contribution is 6.30. The summed E-state index contributed by atoms with van der Waals surface area (Å²) in [6, 6.07) is 4.12. The lowest BCUT2D eigenvalue weighted by atomic mass is 10.1. The number of benzene rings is 1. The smallest absolute Gasteiger partial charge is 0.129 e. The molecule has 1 unspecified atom stereocenters. The fourth-order valence-corrected chi connectivity index (χ4v) is 1.38. The highest BCUT2D eigenvalue weighted by Crippen LogP contribution is 2.20. The molecule has 0 saturated carbocycles. The number of hydrogen-bond acceptors (Lipinski definition) is 1. The van der Waals surface area contributed by atoms with Crippen LogP contribution in [0, 0.1) is 5.82 Å². The summed E-state index contributed by atoms with van der Waals surface area (Å²) in [5, 5.41) is 0.385. The van der Waals surface area contributed by atoms with E-state index in [-0.39, 0.29) is 5.82 Å². The van der Waals surface area contributed by atoms with E-state index in [0.29, 0.717) is 10.6 Å². The minimum absolute atomic E-state index is 0.359. The molecule has 0 amide bonds. The van der Waals surface area contributed by atoms with Crippen LogP contribution >= 0.6 is 11.6 Å². The molecule has 3 heteroatoms. The molecule has 2 N–H and O–H groups in total. The van der Waals surface area contributed by atoms with Gasteiger partial charge in [-0.25, -0.2) is 4.39 Å². The second-order valence-corrected chi connectivity index (χ2v) is 3.87. The van der Waals surface area contributed by atoms with Crippen molar-refractivity contribution in [1.29, 1.82) is 0 Å². The number of nitrogens with two attached hydrogens (primary N) is 1. The van der Waals surface area contributed by atoms with E-state index in [9.17, 15) is 4.39 Å². The van der Waals surface area contributed by atoms with Gasteiger partial charge >= 0.3 is 0 Å². The Balaban J connectivity index is 3.02. The van der Waals surface area contributed by atoms with Crippen molar-refractivity contribution in [3.05, 3.63) is 46.3 Å². The average Bonchev–Trinajstić information content (AvgIpc) is 2.01. The molecule has 0 radical (unpaired) electrons. The van der Waals surface area contributed by atoms with Crippen molar-refractivity contribution in [2.75, 3.05) is 0 Å². The van der Waals surface area contributed by atoms with Crippen molar-refractivity contribution in [2.24, 2.45) is 5.73 Å². The summed E-state index contributed by atoms with van der Waals surface area (Å²) in [7, 11) is 0. The standard InChI is InChI=1S/C11H13ClFN/c1-7(2)5-11(14)9-4-3-8(12)6-10(9)13/h3-6,11H,14H2,1-2H3. The average molecular weight is 214 g/mol. The predicted molar refractivity (Wildman–Crippen MR) is 57.8 cm³/mol. The monoisotopic (exact) mass is 213 g/mol. The third-order valence-corrected chi connectivity index (χ3v) is 2.07. The van der Waals surface area contributed by atoms with Crippen LogP contribution in [0.15, 0.2) is 29.8 Å². The molecule has 0 saturated heterocycles. The summed E-state index contributed by atoms with van der Waals surface area (Å²) >= 11 is 5.63. The Kier molecular flexibility index (Phi) is 3.67. The Morgan fingerprint density at radius 2 is 2.14 bits per heavy atom. The van der Waals surface area contributed by atoms with E-state index >= 15 is 0 Å². The summed E-state index contributed by atoms with van der Waals surface area (Å²) < 4.78 is 13.4. The second-order valence-electron chi connectivity index (χ2n) is 3.44. The van der Waals surface area contributed by atoms with Gasteiger partial charge in [0.05, 0.1) is 6.04 Å². The Hall–Kier alpha value is -0.860. The predicted octanol–water partition coefficient (Wildman–Crippen LogP) is 3.45. The zero-order valence-corrected chi connectivity index (χ0v) is 8.98. The van der Waals surface area contributed by atoms with Crippen LogP contribution < -0.4 is 5.73 Å². The molecule has 1 atom stereocenters. The van der Waals surface area contributed by atoms with Gasteiger partial charge in [-0.05, 0) is 26.0 Å². The number of halogens is 2. The van der Waals surface area contributed by atoms with Crippen LogP contribution in [-0.4, -0.2) is 0 Å². The van der Waals surface area contributed by atoms with Crippen LogP contribution in [0.1, 0.15) is 25.5 Å². The molecule has 0 aliphatic heterocycles. The van der Waals surface area contributed by atoms with Gasteiger partial charge in [-0.2, -0.15) is 0 Å². The van der Waals surface area contributed by atoms with E-state index in [4.69, 9.17) is 17.3 Å². The topological polar surface area (TPSA) is 26.0 Å². The van der Waals surface area contributed by atoms with Crippen LogP contribution in [0.4, 0.5) is 4.39 Å². The van der Waals surface area contributed by atoms with Crippen LogP contribution in [0.3, 0.4) is 0 Å². The maximum absolute atomic E-state index is 13.4. The maximum Gasteiger partial charge on any atom is 0.129 e. The quantitative estimate of drug-likeness (QED) is 0.749. The SMILES string of the molecule is CC(C)=CC(N)c1ccc(Cl)cc1F. The lowest BCUT2D eigenvalue weighted by Gasteiger charge is -2.09.